The number of likely N-dealkylation sites (N-methyl/N-ethyl adjacent to an activating group) is 1. The number of non-ortho nitro benzene ring substituents is 1. The summed E-state index contributed by atoms with van der Waals surface area (Å²) < 4.78 is 5.38. The van der Waals surface area contributed by atoms with Crippen molar-refractivity contribution in [2.75, 3.05) is 26.0 Å². The van der Waals surface area contributed by atoms with Gasteiger partial charge in [-0.05, 0) is 31.5 Å². The molecule has 0 aliphatic heterocycles. The number of amides is 1. The van der Waals surface area contributed by atoms with Crippen LogP contribution in [0.4, 0.5) is 11.4 Å². The Kier molecular flexibility index (Phi) is 6.30. The second-order valence-electron chi connectivity index (χ2n) is 6.43. The molecule has 0 aliphatic carbocycles. The summed E-state index contributed by atoms with van der Waals surface area (Å²) in [6.07, 6.45) is 0. The first-order valence-electron chi connectivity index (χ1n) is 8.30. The van der Waals surface area contributed by atoms with E-state index in [2.05, 4.69) is 5.32 Å². The molecule has 2 rings (SSSR count). The molecule has 2 aromatic rings. The van der Waals surface area contributed by atoms with Gasteiger partial charge < -0.3 is 15.0 Å². The van der Waals surface area contributed by atoms with Crippen molar-refractivity contribution < 1.29 is 19.4 Å². The molecule has 0 bridgehead atoms. The lowest BCUT2D eigenvalue weighted by atomic mass is 10.1. The van der Waals surface area contributed by atoms with Crippen molar-refractivity contribution in [1.82, 2.24) is 0 Å². The van der Waals surface area contributed by atoms with E-state index in [9.17, 15) is 14.9 Å². The van der Waals surface area contributed by atoms with Crippen molar-refractivity contribution in [1.29, 1.82) is 0 Å². The lowest BCUT2D eigenvalue weighted by molar-refractivity contribution is -0.885. The maximum absolute atomic E-state index is 12.3. The summed E-state index contributed by atoms with van der Waals surface area (Å²) in [6, 6.07) is 10.4. The topological polar surface area (TPSA) is 85.9 Å². The minimum atomic E-state index is -0.476. The molecular formula is C19H24N3O4+. The van der Waals surface area contributed by atoms with Gasteiger partial charge in [0, 0.05) is 17.7 Å². The summed E-state index contributed by atoms with van der Waals surface area (Å²) >= 11 is 0. The molecule has 1 amide bonds. The van der Waals surface area contributed by atoms with Crippen LogP contribution in [0.5, 0.6) is 5.75 Å². The van der Waals surface area contributed by atoms with Crippen LogP contribution in [0.3, 0.4) is 0 Å². The fourth-order valence-electron chi connectivity index (χ4n) is 2.76. The predicted octanol–water partition coefficient (Wildman–Crippen LogP) is 1.87. The first-order chi connectivity index (χ1) is 12.3. The summed E-state index contributed by atoms with van der Waals surface area (Å²) in [5.74, 6) is 0.600. The van der Waals surface area contributed by atoms with E-state index >= 15 is 0 Å². The van der Waals surface area contributed by atoms with Crippen LogP contribution in [-0.2, 0) is 11.3 Å². The van der Waals surface area contributed by atoms with Crippen molar-refractivity contribution in [3.63, 3.8) is 0 Å². The van der Waals surface area contributed by atoms with E-state index in [1.807, 2.05) is 32.2 Å². The number of nitrogens with one attached hydrogen (secondary N) is 2. The fourth-order valence-corrected chi connectivity index (χ4v) is 2.76. The van der Waals surface area contributed by atoms with Gasteiger partial charge in [-0.1, -0.05) is 17.7 Å². The molecule has 1 unspecified atom stereocenters. The van der Waals surface area contributed by atoms with Crippen molar-refractivity contribution in [3.05, 3.63) is 63.2 Å². The predicted molar refractivity (Wildman–Crippen MR) is 99.7 cm³/mol. The maximum Gasteiger partial charge on any atom is 0.279 e. The molecule has 7 heteroatoms. The van der Waals surface area contributed by atoms with Crippen molar-refractivity contribution >= 4 is 17.3 Å². The molecule has 0 aliphatic rings. The Morgan fingerprint density at radius 2 is 1.96 bits per heavy atom. The molecule has 0 saturated carbocycles. The summed E-state index contributed by atoms with van der Waals surface area (Å²) in [7, 11) is 3.54. The van der Waals surface area contributed by atoms with E-state index < -0.39 is 4.92 Å². The number of nitro benzene ring substituents is 1. The van der Waals surface area contributed by atoms with Gasteiger partial charge in [-0.2, -0.15) is 0 Å². The number of quaternary nitrogens is 1. The molecule has 0 radical (unpaired) electrons. The summed E-state index contributed by atoms with van der Waals surface area (Å²) in [5.41, 5.74) is 3.36. The van der Waals surface area contributed by atoms with Gasteiger partial charge in [0.05, 0.1) is 24.8 Å². The third-order valence-corrected chi connectivity index (χ3v) is 4.10. The Morgan fingerprint density at radius 1 is 1.23 bits per heavy atom. The van der Waals surface area contributed by atoms with Gasteiger partial charge >= 0.3 is 0 Å². The Bertz CT molecular complexity index is 820. The van der Waals surface area contributed by atoms with Crippen LogP contribution < -0.4 is 15.0 Å². The van der Waals surface area contributed by atoms with Crippen LogP contribution in [0.2, 0.25) is 0 Å². The lowest BCUT2D eigenvalue weighted by Crippen LogP contribution is -3.08. The number of aryl methyl sites for hydroxylation is 2. The number of ether oxygens (including phenoxy) is 1. The van der Waals surface area contributed by atoms with E-state index in [0.29, 0.717) is 12.2 Å². The zero-order chi connectivity index (χ0) is 19.3. The average molecular weight is 358 g/mol. The molecule has 0 heterocycles. The van der Waals surface area contributed by atoms with Gasteiger partial charge in [-0.3, -0.25) is 14.9 Å². The molecule has 0 saturated heterocycles. The summed E-state index contributed by atoms with van der Waals surface area (Å²) in [4.78, 5) is 23.7. The van der Waals surface area contributed by atoms with Crippen LogP contribution >= 0.6 is 0 Å². The van der Waals surface area contributed by atoms with Gasteiger partial charge in [0.25, 0.3) is 11.6 Å². The third kappa shape index (κ3) is 5.03. The first-order valence-corrected chi connectivity index (χ1v) is 8.30. The molecule has 0 spiro atoms. The van der Waals surface area contributed by atoms with Crippen molar-refractivity contribution in [2.45, 2.75) is 20.4 Å². The Labute approximate surface area is 152 Å². The second-order valence-corrected chi connectivity index (χ2v) is 6.43. The molecule has 0 aromatic heterocycles. The summed E-state index contributed by atoms with van der Waals surface area (Å²) in [5, 5.41) is 13.7. The molecule has 2 aromatic carbocycles. The smallest absolute Gasteiger partial charge is 0.279 e. The molecule has 7 nitrogen and oxygen atoms in total. The number of carbonyl (C=O) groups is 1. The van der Waals surface area contributed by atoms with Gasteiger partial charge in [0.1, 0.15) is 12.3 Å². The number of benzene rings is 2. The van der Waals surface area contributed by atoms with Crippen LogP contribution in [-0.4, -0.2) is 31.5 Å². The second kappa shape index (κ2) is 8.44. The van der Waals surface area contributed by atoms with E-state index in [1.54, 1.807) is 20.1 Å². The summed E-state index contributed by atoms with van der Waals surface area (Å²) in [6.45, 7) is 4.68. The number of methoxy groups -OCH3 is 1. The average Bonchev–Trinajstić information content (AvgIpc) is 2.56. The minimum Gasteiger partial charge on any atom is -0.496 e. The molecule has 0 fully saturated rings. The van der Waals surface area contributed by atoms with E-state index in [0.717, 1.165) is 27.3 Å². The van der Waals surface area contributed by atoms with Crippen LogP contribution in [0.1, 0.15) is 16.7 Å². The van der Waals surface area contributed by atoms with Crippen LogP contribution in [0.15, 0.2) is 36.4 Å². The number of carbonyl (C=O) groups excluding carboxylic acids is 1. The molecule has 26 heavy (non-hydrogen) atoms. The highest BCUT2D eigenvalue weighted by Gasteiger charge is 2.16. The highest BCUT2D eigenvalue weighted by molar-refractivity contribution is 5.92. The number of anilines is 1. The molecular weight excluding hydrogens is 334 g/mol. The highest BCUT2D eigenvalue weighted by atomic mass is 16.6. The lowest BCUT2D eigenvalue weighted by Gasteiger charge is -2.16. The zero-order valence-electron chi connectivity index (χ0n) is 15.5. The van der Waals surface area contributed by atoms with Crippen molar-refractivity contribution in [2.24, 2.45) is 0 Å². The largest absolute Gasteiger partial charge is 0.496 e. The number of nitrogens with zero attached hydrogens (tertiary/aromatic N) is 1. The number of nitro groups is 1. The highest BCUT2D eigenvalue weighted by Crippen LogP contribution is 2.21. The number of hydrogen-bond acceptors (Lipinski definition) is 4. The zero-order valence-corrected chi connectivity index (χ0v) is 15.5. The molecule has 138 valence electrons. The SMILES string of the molecule is COc1ccc(C)cc1C[NH+](C)CC(=O)Nc1cc([N+](=O)[O-])ccc1C. The first kappa shape index (κ1) is 19.4. The Balaban J connectivity index is 2.03. The van der Waals surface area contributed by atoms with Crippen LogP contribution in [0, 0.1) is 24.0 Å². The van der Waals surface area contributed by atoms with E-state index in [4.69, 9.17) is 4.74 Å². The molecule has 2 N–H and O–H groups in total. The number of rotatable bonds is 7. The van der Waals surface area contributed by atoms with Gasteiger partial charge in [0.2, 0.25) is 0 Å². The Hall–Kier alpha value is -2.93. The minimum absolute atomic E-state index is 0.0453. The van der Waals surface area contributed by atoms with Gasteiger partial charge in [0.15, 0.2) is 6.54 Å². The number of hydrogen-bond donors (Lipinski definition) is 2. The molecule has 1 atom stereocenters. The monoisotopic (exact) mass is 358 g/mol. The van der Waals surface area contributed by atoms with Crippen LogP contribution in [0.25, 0.3) is 0 Å². The Morgan fingerprint density at radius 3 is 2.62 bits per heavy atom. The maximum atomic E-state index is 12.3. The van der Waals surface area contributed by atoms with Gasteiger partial charge in [-0.25, -0.2) is 0 Å². The van der Waals surface area contributed by atoms with E-state index in [-0.39, 0.29) is 18.1 Å². The normalized spacial score (nSPS) is 11.7. The third-order valence-electron chi connectivity index (χ3n) is 4.10. The van der Waals surface area contributed by atoms with Crippen molar-refractivity contribution in [3.8, 4) is 5.75 Å². The van der Waals surface area contributed by atoms with E-state index in [1.165, 1.54) is 12.1 Å². The quantitative estimate of drug-likeness (QED) is 0.584. The van der Waals surface area contributed by atoms with Gasteiger partial charge in [-0.15, -0.1) is 0 Å². The standard InChI is InChI=1S/C19H23N3O4/c1-13-5-8-18(26-4)15(9-13)11-21(3)12-19(23)20-17-10-16(22(24)25)7-6-14(17)2/h5-10H,11-12H2,1-4H3,(H,20,23)/p+1. The fraction of sp³-hybridized carbons (Fsp3) is 0.316.